The zero-order valence-corrected chi connectivity index (χ0v) is 11.5. The van der Waals surface area contributed by atoms with Crippen LogP contribution in [0.1, 0.15) is 5.56 Å². The van der Waals surface area contributed by atoms with Gasteiger partial charge in [-0.15, -0.1) is 0 Å². The normalized spacial score (nSPS) is 18.9. The largest absolute Gasteiger partial charge is 0.362 e. The van der Waals surface area contributed by atoms with E-state index in [0.717, 1.165) is 5.56 Å². The number of carbonyl (C=O) groups is 1. The fourth-order valence-corrected chi connectivity index (χ4v) is 1.94. The molecule has 0 spiro atoms. The quantitative estimate of drug-likeness (QED) is 0.848. The zero-order chi connectivity index (χ0) is 14.8. The highest BCUT2D eigenvalue weighted by Crippen LogP contribution is 2.21. The van der Waals surface area contributed by atoms with Crippen LogP contribution in [-0.2, 0) is 10.5 Å². The van der Waals surface area contributed by atoms with Crippen LogP contribution >= 0.6 is 0 Å². The summed E-state index contributed by atoms with van der Waals surface area (Å²) in [5.41, 5.74) is 0.385. The Morgan fingerprint density at radius 2 is 1.71 bits per heavy atom. The Balaban J connectivity index is 0.000000225. The highest BCUT2D eigenvalue weighted by molar-refractivity contribution is 5.51. The lowest BCUT2D eigenvalue weighted by Gasteiger charge is -2.32. The molecule has 1 atom stereocenters. The van der Waals surface area contributed by atoms with Crippen LogP contribution in [0.2, 0.25) is 0 Å². The van der Waals surface area contributed by atoms with E-state index < -0.39 is 5.66 Å². The third-order valence-electron chi connectivity index (χ3n) is 2.95. The molecule has 0 saturated heterocycles. The van der Waals surface area contributed by atoms with Gasteiger partial charge in [0.1, 0.15) is 0 Å². The van der Waals surface area contributed by atoms with Crippen molar-refractivity contribution in [2.75, 3.05) is 0 Å². The summed E-state index contributed by atoms with van der Waals surface area (Å²) in [6, 6.07) is 15.5. The third-order valence-corrected chi connectivity index (χ3v) is 2.95. The van der Waals surface area contributed by atoms with E-state index in [2.05, 4.69) is 15.6 Å². The number of allylic oxidation sites excluding steroid dienone is 2. The van der Waals surface area contributed by atoms with Crippen LogP contribution in [0.4, 0.5) is 0 Å². The van der Waals surface area contributed by atoms with E-state index >= 15 is 0 Å². The minimum Gasteiger partial charge on any atom is -0.362 e. The molecular weight excluding hydrogens is 262 g/mol. The average Bonchev–Trinajstić information content (AvgIpc) is 2.59. The van der Waals surface area contributed by atoms with Gasteiger partial charge in [-0.3, -0.25) is 9.78 Å². The molecule has 2 N–H and O–H groups in total. The first-order valence-electron chi connectivity index (χ1n) is 6.61. The Morgan fingerprint density at radius 3 is 2.19 bits per heavy atom. The molecule has 0 saturated carbocycles. The summed E-state index contributed by atoms with van der Waals surface area (Å²) in [4.78, 5) is 14.4. The number of nitrogens with zero attached hydrogens (tertiary/aromatic N) is 1. The predicted octanol–water partition coefficient (Wildman–Crippen LogP) is 2.34. The van der Waals surface area contributed by atoms with Crippen molar-refractivity contribution in [3.63, 3.8) is 0 Å². The molecule has 4 nitrogen and oxygen atoms in total. The van der Waals surface area contributed by atoms with Gasteiger partial charge in [-0.1, -0.05) is 42.5 Å². The number of carbonyl (C=O) groups excluding carboxylic acids is 1. The van der Waals surface area contributed by atoms with Gasteiger partial charge in [-0.25, -0.2) is 0 Å². The summed E-state index contributed by atoms with van der Waals surface area (Å²) in [5.74, 6) is 0. The fourth-order valence-electron chi connectivity index (χ4n) is 1.94. The molecule has 1 aliphatic heterocycles. The first kappa shape index (κ1) is 14.5. The smallest absolute Gasteiger partial charge is 0.209 e. The van der Waals surface area contributed by atoms with Crippen LogP contribution in [-0.4, -0.2) is 11.4 Å². The average molecular weight is 279 g/mol. The Kier molecular flexibility index (Phi) is 5.29. The number of nitrogens with one attached hydrogen (secondary N) is 2. The molecule has 1 amide bonds. The Bertz CT molecular complexity index is 565. The Labute approximate surface area is 124 Å². The van der Waals surface area contributed by atoms with Gasteiger partial charge in [0.2, 0.25) is 6.41 Å². The van der Waals surface area contributed by atoms with Crippen LogP contribution in [0.5, 0.6) is 0 Å². The fraction of sp³-hybridized carbons (Fsp3) is 0.0588. The van der Waals surface area contributed by atoms with Gasteiger partial charge < -0.3 is 10.6 Å². The van der Waals surface area contributed by atoms with Crippen molar-refractivity contribution in [2.45, 2.75) is 5.66 Å². The second-order valence-electron chi connectivity index (χ2n) is 4.32. The summed E-state index contributed by atoms with van der Waals surface area (Å²) in [7, 11) is 0. The van der Waals surface area contributed by atoms with Crippen molar-refractivity contribution in [3.8, 4) is 0 Å². The van der Waals surface area contributed by atoms with Crippen molar-refractivity contribution < 1.29 is 4.79 Å². The number of aromatic nitrogens is 1. The topological polar surface area (TPSA) is 54.0 Å². The number of hydrogen-bond donors (Lipinski definition) is 2. The van der Waals surface area contributed by atoms with Gasteiger partial charge in [0.25, 0.3) is 0 Å². The van der Waals surface area contributed by atoms with Crippen molar-refractivity contribution in [1.82, 2.24) is 15.6 Å². The van der Waals surface area contributed by atoms with E-state index in [-0.39, 0.29) is 0 Å². The highest BCUT2D eigenvalue weighted by Gasteiger charge is 2.27. The standard InChI is InChI=1S/C12H12N2O.C5H5N/c15-10-14-12(8-4-5-9-13-12)11-6-2-1-3-7-11;1-2-4-6-5-3-1/h1-10,13H,(H,14,15);1-5H. The van der Waals surface area contributed by atoms with Crippen LogP contribution in [0, 0.1) is 0 Å². The number of benzene rings is 1. The monoisotopic (exact) mass is 279 g/mol. The van der Waals surface area contributed by atoms with Crippen LogP contribution in [0.3, 0.4) is 0 Å². The molecule has 2 heterocycles. The maximum Gasteiger partial charge on any atom is 0.209 e. The van der Waals surface area contributed by atoms with E-state index in [1.54, 1.807) is 12.4 Å². The Hall–Kier alpha value is -2.88. The maximum absolute atomic E-state index is 10.6. The molecule has 0 bridgehead atoms. The summed E-state index contributed by atoms with van der Waals surface area (Å²) < 4.78 is 0. The third kappa shape index (κ3) is 4.04. The summed E-state index contributed by atoms with van der Waals surface area (Å²) in [5, 5.41) is 5.92. The molecule has 0 aliphatic carbocycles. The number of amides is 1. The van der Waals surface area contributed by atoms with Gasteiger partial charge in [-0.2, -0.15) is 0 Å². The molecule has 1 aliphatic rings. The molecule has 4 heteroatoms. The lowest BCUT2D eigenvalue weighted by atomic mass is 9.97. The first-order valence-corrected chi connectivity index (χ1v) is 6.61. The van der Waals surface area contributed by atoms with Crippen LogP contribution in [0.15, 0.2) is 85.4 Å². The van der Waals surface area contributed by atoms with E-state index in [0.29, 0.717) is 6.41 Å². The minimum atomic E-state index is -0.613. The van der Waals surface area contributed by atoms with E-state index in [1.165, 1.54) is 0 Å². The molecule has 0 radical (unpaired) electrons. The lowest BCUT2D eigenvalue weighted by molar-refractivity contribution is -0.111. The number of pyridine rings is 1. The van der Waals surface area contributed by atoms with Gasteiger partial charge in [0.05, 0.1) is 0 Å². The molecule has 0 fully saturated rings. The predicted molar refractivity (Wildman–Crippen MR) is 83.0 cm³/mol. The van der Waals surface area contributed by atoms with E-state index in [4.69, 9.17) is 0 Å². The van der Waals surface area contributed by atoms with Gasteiger partial charge in [0, 0.05) is 18.0 Å². The van der Waals surface area contributed by atoms with E-state index in [1.807, 2.05) is 73.0 Å². The number of hydrogen-bond acceptors (Lipinski definition) is 3. The van der Waals surface area contributed by atoms with Crippen molar-refractivity contribution in [3.05, 3.63) is 90.9 Å². The molecule has 2 aromatic rings. The second-order valence-corrected chi connectivity index (χ2v) is 4.32. The molecule has 106 valence electrons. The van der Waals surface area contributed by atoms with Crippen LogP contribution in [0.25, 0.3) is 0 Å². The summed E-state index contributed by atoms with van der Waals surface area (Å²) in [6.45, 7) is 0. The lowest BCUT2D eigenvalue weighted by Crippen LogP contribution is -2.50. The zero-order valence-electron chi connectivity index (χ0n) is 11.5. The van der Waals surface area contributed by atoms with Gasteiger partial charge in [-0.05, 0) is 30.5 Å². The maximum atomic E-state index is 10.6. The molecule has 1 aromatic heterocycles. The van der Waals surface area contributed by atoms with Crippen LogP contribution < -0.4 is 10.6 Å². The van der Waals surface area contributed by atoms with Crippen molar-refractivity contribution in [1.29, 1.82) is 0 Å². The molecular formula is C17H17N3O. The van der Waals surface area contributed by atoms with Gasteiger partial charge in [0.15, 0.2) is 5.66 Å². The number of dihydropyridines is 1. The van der Waals surface area contributed by atoms with Crippen molar-refractivity contribution >= 4 is 6.41 Å². The SMILES string of the molecule is O=CNC1(c2ccccc2)C=CC=CN1.c1ccncc1. The van der Waals surface area contributed by atoms with E-state index in [9.17, 15) is 4.79 Å². The summed E-state index contributed by atoms with van der Waals surface area (Å²) in [6.07, 6.45) is 11.7. The number of rotatable bonds is 3. The molecule has 1 aromatic carbocycles. The highest BCUT2D eigenvalue weighted by atomic mass is 16.1. The first-order chi connectivity index (χ1) is 10.4. The second kappa shape index (κ2) is 7.65. The minimum absolute atomic E-state index is 0.613. The molecule has 21 heavy (non-hydrogen) atoms. The van der Waals surface area contributed by atoms with Gasteiger partial charge >= 0.3 is 0 Å². The molecule has 1 unspecified atom stereocenters. The summed E-state index contributed by atoms with van der Waals surface area (Å²) >= 11 is 0. The molecule has 3 rings (SSSR count). The Morgan fingerprint density at radius 1 is 1.00 bits per heavy atom. The van der Waals surface area contributed by atoms with Crippen molar-refractivity contribution in [2.24, 2.45) is 0 Å².